The number of aliphatic imine (C=N–C) groups is 1. The highest BCUT2D eigenvalue weighted by atomic mass is 16.5. The lowest BCUT2D eigenvalue weighted by molar-refractivity contribution is 0.304. The Labute approximate surface area is 143 Å². The number of rotatable bonds is 0. The standard InChI is InChI=1S/C20H23N3O/c1-13-4-6-18-16(10-13)20(23-9-8-21-15(3)12-23)22-17-11-14(2)5-7-19(17)24-18/h4-7,10-11,15,21H,8-9,12H2,1-3H3. The van der Waals surface area contributed by atoms with Crippen LogP contribution in [0.1, 0.15) is 23.6 Å². The van der Waals surface area contributed by atoms with Gasteiger partial charge in [0.25, 0.3) is 0 Å². The van der Waals surface area contributed by atoms with Gasteiger partial charge in [-0.05, 0) is 50.6 Å². The second kappa shape index (κ2) is 5.95. The number of hydrogen-bond acceptors (Lipinski definition) is 4. The molecule has 0 aliphatic carbocycles. The molecule has 1 N–H and O–H groups in total. The first-order valence-corrected chi connectivity index (χ1v) is 8.57. The van der Waals surface area contributed by atoms with Gasteiger partial charge in [0.15, 0.2) is 5.75 Å². The van der Waals surface area contributed by atoms with Crippen molar-refractivity contribution < 1.29 is 4.74 Å². The lowest BCUT2D eigenvalue weighted by Crippen LogP contribution is -2.51. The number of benzene rings is 2. The van der Waals surface area contributed by atoms with Gasteiger partial charge in [-0.25, -0.2) is 4.99 Å². The van der Waals surface area contributed by atoms with E-state index in [1.807, 2.05) is 6.07 Å². The third-order valence-corrected chi connectivity index (χ3v) is 4.60. The van der Waals surface area contributed by atoms with Crippen molar-refractivity contribution in [3.8, 4) is 11.5 Å². The number of aryl methyl sites for hydroxylation is 2. The molecule has 2 heterocycles. The molecule has 2 aliphatic heterocycles. The largest absolute Gasteiger partial charge is 0.454 e. The lowest BCUT2D eigenvalue weighted by Gasteiger charge is -2.34. The van der Waals surface area contributed by atoms with Gasteiger partial charge in [-0.1, -0.05) is 17.7 Å². The number of amidine groups is 1. The van der Waals surface area contributed by atoms with Crippen molar-refractivity contribution >= 4 is 11.5 Å². The van der Waals surface area contributed by atoms with Crippen molar-refractivity contribution in [1.82, 2.24) is 10.2 Å². The SMILES string of the molecule is Cc1ccc2c(c1)N=C(N1CCNC(C)C1)c1cc(C)ccc1O2. The number of piperazine rings is 1. The van der Waals surface area contributed by atoms with Crippen LogP contribution >= 0.6 is 0 Å². The Balaban J connectivity index is 1.88. The van der Waals surface area contributed by atoms with Crippen molar-refractivity contribution in [2.45, 2.75) is 26.8 Å². The van der Waals surface area contributed by atoms with E-state index >= 15 is 0 Å². The van der Waals surface area contributed by atoms with Crippen LogP contribution in [0, 0.1) is 13.8 Å². The van der Waals surface area contributed by atoms with Gasteiger partial charge in [0.05, 0.1) is 5.56 Å². The van der Waals surface area contributed by atoms with Crippen molar-refractivity contribution in [2.24, 2.45) is 4.99 Å². The first kappa shape index (κ1) is 15.2. The molecule has 24 heavy (non-hydrogen) atoms. The molecule has 0 spiro atoms. The van der Waals surface area contributed by atoms with Crippen molar-refractivity contribution in [2.75, 3.05) is 19.6 Å². The molecule has 1 unspecified atom stereocenters. The first-order valence-electron chi connectivity index (χ1n) is 8.57. The average Bonchev–Trinajstić information content (AvgIpc) is 2.71. The minimum absolute atomic E-state index is 0.455. The highest BCUT2D eigenvalue weighted by molar-refractivity contribution is 6.04. The second-order valence-electron chi connectivity index (χ2n) is 6.81. The average molecular weight is 321 g/mol. The molecule has 0 saturated carbocycles. The predicted octanol–water partition coefficient (Wildman–Crippen LogP) is 3.78. The summed E-state index contributed by atoms with van der Waals surface area (Å²) in [5.74, 6) is 2.73. The van der Waals surface area contributed by atoms with E-state index in [4.69, 9.17) is 9.73 Å². The Morgan fingerprint density at radius 2 is 1.83 bits per heavy atom. The summed E-state index contributed by atoms with van der Waals surface area (Å²) < 4.78 is 6.20. The highest BCUT2D eigenvalue weighted by Gasteiger charge is 2.25. The maximum Gasteiger partial charge on any atom is 0.153 e. The molecular weight excluding hydrogens is 298 g/mol. The number of nitrogens with zero attached hydrogens (tertiary/aromatic N) is 2. The second-order valence-corrected chi connectivity index (χ2v) is 6.81. The summed E-state index contributed by atoms with van der Waals surface area (Å²) in [5.41, 5.74) is 4.40. The van der Waals surface area contributed by atoms with Crippen LogP contribution in [0.3, 0.4) is 0 Å². The topological polar surface area (TPSA) is 36.9 Å². The molecule has 124 valence electrons. The molecule has 0 bridgehead atoms. The Morgan fingerprint density at radius 3 is 2.62 bits per heavy atom. The molecule has 2 aromatic rings. The zero-order valence-corrected chi connectivity index (χ0v) is 14.5. The van der Waals surface area contributed by atoms with Crippen LogP contribution in [0.5, 0.6) is 11.5 Å². The van der Waals surface area contributed by atoms with Crippen LogP contribution < -0.4 is 10.1 Å². The van der Waals surface area contributed by atoms with Crippen molar-refractivity contribution in [3.63, 3.8) is 0 Å². The summed E-state index contributed by atoms with van der Waals surface area (Å²) >= 11 is 0. The van der Waals surface area contributed by atoms with Crippen LogP contribution in [-0.4, -0.2) is 36.4 Å². The summed E-state index contributed by atoms with van der Waals surface area (Å²) in [4.78, 5) is 7.41. The molecule has 1 atom stereocenters. The van der Waals surface area contributed by atoms with E-state index in [2.05, 4.69) is 61.3 Å². The Bertz CT molecular complexity index is 813. The normalized spacial score (nSPS) is 19.7. The quantitative estimate of drug-likeness (QED) is 0.802. The van der Waals surface area contributed by atoms with E-state index in [9.17, 15) is 0 Å². The molecule has 4 rings (SSSR count). The maximum atomic E-state index is 6.20. The van der Waals surface area contributed by atoms with E-state index in [0.717, 1.165) is 48.2 Å². The number of fused-ring (bicyclic) bond motifs is 2. The van der Waals surface area contributed by atoms with Gasteiger partial charge in [-0.15, -0.1) is 0 Å². The van der Waals surface area contributed by atoms with Gasteiger partial charge >= 0.3 is 0 Å². The van der Waals surface area contributed by atoms with E-state index in [-0.39, 0.29) is 0 Å². The Kier molecular flexibility index (Phi) is 3.77. The van der Waals surface area contributed by atoms with Crippen LogP contribution in [0.25, 0.3) is 0 Å². The van der Waals surface area contributed by atoms with E-state index < -0.39 is 0 Å². The maximum absolute atomic E-state index is 6.20. The lowest BCUT2D eigenvalue weighted by atomic mass is 10.1. The minimum atomic E-state index is 0.455. The van der Waals surface area contributed by atoms with Crippen LogP contribution in [0.2, 0.25) is 0 Å². The summed E-state index contributed by atoms with van der Waals surface area (Å²) in [7, 11) is 0. The van der Waals surface area contributed by atoms with Crippen LogP contribution in [0.15, 0.2) is 41.4 Å². The van der Waals surface area contributed by atoms with Gasteiger partial charge in [0.2, 0.25) is 0 Å². The summed E-state index contributed by atoms with van der Waals surface area (Å²) in [6.45, 7) is 9.30. The third kappa shape index (κ3) is 2.78. The Hall–Kier alpha value is -2.33. The first-order chi connectivity index (χ1) is 11.6. The van der Waals surface area contributed by atoms with Crippen LogP contribution in [-0.2, 0) is 0 Å². The summed E-state index contributed by atoms with van der Waals surface area (Å²) in [6, 6.07) is 13.0. The number of ether oxygens (including phenoxy) is 1. The predicted molar refractivity (Wildman–Crippen MR) is 97.7 cm³/mol. The van der Waals surface area contributed by atoms with E-state index in [1.165, 1.54) is 11.1 Å². The summed E-state index contributed by atoms with van der Waals surface area (Å²) in [5, 5.41) is 3.50. The van der Waals surface area contributed by atoms with Gasteiger partial charge in [0.1, 0.15) is 17.3 Å². The molecule has 1 fully saturated rings. The van der Waals surface area contributed by atoms with Gasteiger partial charge < -0.3 is 15.0 Å². The molecule has 1 saturated heterocycles. The van der Waals surface area contributed by atoms with Crippen molar-refractivity contribution in [3.05, 3.63) is 53.1 Å². The van der Waals surface area contributed by atoms with Gasteiger partial charge in [0, 0.05) is 25.7 Å². The monoisotopic (exact) mass is 321 g/mol. The van der Waals surface area contributed by atoms with E-state index in [0.29, 0.717) is 6.04 Å². The zero-order valence-electron chi connectivity index (χ0n) is 14.5. The molecule has 4 heteroatoms. The smallest absolute Gasteiger partial charge is 0.153 e. The summed E-state index contributed by atoms with van der Waals surface area (Å²) in [6.07, 6.45) is 0. The molecule has 0 amide bonds. The molecule has 2 aliphatic rings. The fraction of sp³-hybridized carbons (Fsp3) is 0.350. The fourth-order valence-corrected chi connectivity index (χ4v) is 3.37. The molecule has 0 radical (unpaired) electrons. The zero-order chi connectivity index (χ0) is 16.7. The van der Waals surface area contributed by atoms with Gasteiger partial charge in [-0.3, -0.25) is 0 Å². The van der Waals surface area contributed by atoms with Crippen LogP contribution in [0.4, 0.5) is 5.69 Å². The number of hydrogen-bond donors (Lipinski definition) is 1. The van der Waals surface area contributed by atoms with Gasteiger partial charge in [-0.2, -0.15) is 0 Å². The number of nitrogens with one attached hydrogen (secondary N) is 1. The van der Waals surface area contributed by atoms with Crippen molar-refractivity contribution in [1.29, 1.82) is 0 Å². The Morgan fingerprint density at radius 1 is 1.08 bits per heavy atom. The molecule has 2 aromatic carbocycles. The fourth-order valence-electron chi connectivity index (χ4n) is 3.37. The minimum Gasteiger partial charge on any atom is -0.454 e. The molecular formula is C20H23N3O. The van der Waals surface area contributed by atoms with E-state index in [1.54, 1.807) is 0 Å². The highest BCUT2D eigenvalue weighted by Crippen LogP contribution is 2.39. The molecule has 0 aromatic heterocycles. The molecule has 4 nitrogen and oxygen atoms in total. The third-order valence-electron chi connectivity index (χ3n) is 4.60.